The minimum absolute atomic E-state index is 0.0657. The molecular formula is C12H12O3. The summed E-state index contributed by atoms with van der Waals surface area (Å²) in [5.41, 5.74) is 1.79. The fourth-order valence-electron chi connectivity index (χ4n) is 1.97. The molecule has 0 heterocycles. The molecule has 1 aliphatic rings. The van der Waals surface area contributed by atoms with Gasteiger partial charge in [0.1, 0.15) is 0 Å². The van der Waals surface area contributed by atoms with Crippen LogP contribution in [0.5, 0.6) is 0 Å². The van der Waals surface area contributed by atoms with Gasteiger partial charge in [-0.2, -0.15) is 0 Å². The Morgan fingerprint density at radius 2 is 2.20 bits per heavy atom. The summed E-state index contributed by atoms with van der Waals surface area (Å²) in [5.74, 6) is -0.480. The van der Waals surface area contributed by atoms with E-state index in [0.29, 0.717) is 6.42 Å². The van der Waals surface area contributed by atoms with Crippen molar-refractivity contribution >= 4 is 11.8 Å². The van der Waals surface area contributed by atoms with Crippen LogP contribution in [0.15, 0.2) is 24.3 Å². The number of Topliss-reactive ketones (excluding diaryl/α,β-unsaturated/α-hetero) is 1. The van der Waals surface area contributed by atoms with Gasteiger partial charge < -0.3 is 4.74 Å². The molecule has 1 aromatic rings. The van der Waals surface area contributed by atoms with Crippen LogP contribution in [0.1, 0.15) is 22.3 Å². The van der Waals surface area contributed by atoms with E-state index in [2.05, 4.69) is 4.74 Å². The highest BCUT2D eigenvalue weighted by atomic mass is 16.5. The van der Waals surface area contributed by atoms with Crippen LogP contribution in [0.25, 0.3) is 0 Å². The maximum absolute atomic E-state index is 11.8. The lowest BCUT2D eigenvalue weighted by Gasteiger charge is -2.04. The summed E-state index contributed by atoms with van der Waals surface area (Å²) in [7, 11) is 1.34. The van der Waals surface area contributed by atoms with Crippen molar-refractivity contribution in [1.82, 2.24) is 0 Å². The predicted molar refractivity (Wildman–Crippen MR) is 54.6 cm³/mol. The molecule has 0 amide bonds. The molecule has 0 aliphatic heterocycles. The Morgan fingerprint density at radius 3 is 2.87 bits per heavy atom. The summed E-state index contributed by atoms with van der Waals surface area (Å²) in [4.78, 5) is 22.9. The van der Waals surface area contributed by atoms with Gasteiger partial charge in [0, 0.05) is 11.5 Å². The van der Waals surface area contributed by atoms with E-state index in [4.69, 9.17) is 0 Å². The van der Waals surface area contributed by atoms with Crippen LogP contribution in [0.4, 0.5) is 0 Å². The molecule has 1 aromatic carbocycles. The number of hydrogen-bond acceptors (Lipinski definition) is 3. The van der Waals surface area contributed by atoms with Gasteiger partial charge in [-0.05, 0) is 12.0 Å². The number of benzene rings is 1. The minimum atomic E-state index is -0.318. The van der Waals surface area contributed by atoms with Crippen molar-refractivity contribution in [1.29, 1.82) is 0 Å². The zero-order chi connectivity index (χ0) is 10.8. The molecule has 3 heteroatoms. The van der Waals surface area contributed by atoms with Crippen LogP contribution in [-0.4, -0.2) is 18.9 Å². The fourth-order valence-corrected chi connectivity index (χ4v) is 1.97. The minimum Gasteiger partial charge on any atom is -0.469 e. The zero-order valence-corrected chi connectivity index (χ0v) is 8.53. The standard InChI is InChI=1S/C12H12O3/c1-15-11(13)7-9-6-8-4-2-3-5-10(8)12(9)14/h2-5,9H,6-7H2,1H3. The molecule has 0 saturated heterocycles. The number of esters is 1. The molecule has 0 aromatic heterocycles. The van der Waals surface area contributed by atoms with E-state index in [0.717, 1.165) is 11.1 Å². The maximum atomic E-state index is 11.8. The number of hydrogen-bond donors (Lipinski definition) is 0. The first kappa shape index (κ1) is 9.90. The lowest BCUT2D eigenvalue weighted by Crippen LogP contribution is -2.15. The molecule has 1 unspecified atom stereocenters. The second kappa shape index (κ2) is 3.85. The lowest BCUT2D eigenvalue weighted by atomic mass is 10.0. The molecule has 1 aliphatic carbocycles. The van der Waals surface area contributed by atoms with E-state index in [9.17, 15) is 9.59 Å². The Balaban J connectivity index is 2.17. The van der Waals surface area contributed by atoms with Gasteiger partial charge in [0.2, 0.25) is 0 Å². The quantitative estimate of drug-likeness (QED) is 0.687. The molecule has 0 spiro atoms. The van der Waals surface area contributed by atoms with Crippen molar-refractivity contribution in [2.45, 2.75) is 12.8 Å². The van der Waals surface area contributed by atoms with Crippen molar-refractivity contribution in [2.75, 3.05) is 7.11 Å². The van der Waals surface area contributed by atoms with Gasteiger partial charge in [-0.1, -0.05) is 24.3 Å². The SMILES string of the molecule is COC(=O)CC1Cc2ccccc2C1=O. The fraction of sp³-hybridized carbons (Fsp3) is 0.333. The van der Waals surface area contributed by atoms with Crippen molar-refractivity contribution < 1.29 is 14.3 Å². The summed E-state index contributed by atoms with van der Waals surface area (Å²) in [5, 5.41) is 0. The Labute approximate surface area is 88.1 Å². The number of fused-ring (bicyclic) bond motifs is 1. The molecule has 0 fully saturated rings. The molecule has 78 valence electrons. The Morgan fingerprint density at radius 1 is 1.47 bits per heavy atom. The number of carbonyl (C=O) groups excluding carboxylic acids is 2. The van der Waals surface area contributed by atoms with Crippen molar-refractivity contribution in [3.63, 3.8) is 0 Å². The first-order valence-electron chi connectivity index (χ1n) is 4.91. The number of methoxy groups -OCH3 is 1. The molecule has 0 N–H and O–H groups in total. The van der Waals surface area contributed by atoms with Gasteiger partial charge in [0.25, 0.3) is 0 Å². The zero-order valence-electron chi connectivity index (χ0n) is 8.53. The van der Waals surface area contributed by atoms with Gasteiger partial charge in [0.05, 0.1) is 13.5 Å². The molecule has 3 nitrogen and oxygen atoms in total. The molecule has 1 atom stereocenters. The highest BCUT2D eigenvalue weighted by molar-refractivity contribution is 6.03. The van der Waals surface area contributed by atoms with Gasteiger partial charge in [0.15, 0.2) is 5.78 Å². The highest BCUT2D eigenvalue weighted by Gasteiger charge is 2.31. The number of rotatable bonds is 2. The molecule has 0 bridgehead atoms. The summed E-state index contributed by atoms with van der Waals surface area (Å²) >= 11 is 0. The average molecular weight is 204 g/mol. The van der Waals surface area contributed by atoms with Crippen LogP contribution in [0.3, 0.4) is 0 Å². The lowest BCUT2D eigenvalue weighted by molar-refractivity contribution is -0.141. The number of carbonyl (C=O) groups is 2. The van der Waals surface area contributed by atoms with E-state index in [1.54, 1.807) is 0 Å². The number of ketones is 1. The smallest absolute Gasteiger partial charge is 0.306 e. The van der Waals surface area contributed by atoms with E-state index in [1.807, 2.05) is 24.3 Å². The Bertz CT molecular complexity index is 409. The van der Waals surface area contributed by atoms with Crippen LogP contribution in [0.2, 0.25) is 0 Å². The van der Waals surface area contributed by atoms with Gasteiger partial charge in [-0.3, -0.25) is 9.59 Å². The van der Waals surface area contributed by atoms with Crippen LogP contribution in [0, 0.1) is 5.92 Å². The maximum Gasteiger partial charge on any atom is 0.306 e. The third kappa shape index (κ3) is 1.77. The van der Waals surface area contributed by atoms with E-state index < -0.39 is 0 Å². The summed E-state index contributed by atoms with van der Waals surface area (Å²) in [6.45, 7) is 0. The van der Waals surface area contributed by atoms with E-state index >= 15 is 0 Å². The Hall–Kier alpha value is -1.64. The molecule has 15 heavy (non-hydrogen) atoms. The van der Waals surface area contributed by atoms with Crippen molar-refractivity contribution in [3.8, 4) is 0 Å². The topological polar surface area (TPSA) is 43.4 Å². The summed E-state index contributed by atoms with van der Waals surface area (Å²) in [6, 6.07) is 7.50. The highest BCUT2D eigenvalue weighted by Crippen LogP contribution is 2.28. The van der Waals surface area contributed by atoms with Gasteiger partial charge in [-0.25, -0.2) is 0 Å². The molecule has 0 saturated carbocycles. The van der Waals surface area contributed by atoms with Crippen LogP contribution >= 0.6 is 0 Å². The second-order valence-electron chi connectivity index (χ2n) is 3.70. The Kier molecular flexibility index (Phi) is 2.54. The predicted octanol–water partition coefficient (Wildman–Crippen LogP) is 1.60. The monoisotopic (exact) mass is 204 g/mol. The molecule has 2 rings (SSSR count). The molecular weight excluding hydrogens is 192 g/mol. The first-order chi connectivity index (χ1) is 7.22. The third-order valence-electron chi connectivity index (χ3n) is 2.76. The van der Waals surface area contributed by atoms with Gasteiger partial charge >= 0.3 is 5.97 Å². The van der Waals surface area contributed by atoms with Crippen LogP contribution < -0.4 is 0 Å². The molecule has 0 radical (unpaired) electrons. The van der Waals surface area contributed by atoms with Crippen LogP contribution in [-0.2, 0) is 16.0 Å². The summed E-state index contributed by atoms with van der Waals surface area (Å²) in [6.07, 6.45) is 0.841. The van der Waals surface area contributed by atoms with Crippen molar-refractivity contribution in [3.05, 3.63) is 35.4 Å². The first-order valence-corrected chi connectivity index (χ1v) is 4.91. The van der Waals surface area contributed by atoms with E-state index in [1.165, 1.54) is 7.11 Å². The van der Waals surface area contributed by atoms with E-state index in [-0.39, 0.29) is 24.1 Å². The summed E-state index contributed by atoms with van der Waals surface area (Å²) < 4.78 is 4.57. The largest absolute Gasteiger partial charge is 0.469 e. The average Bonchev–Trinajstić information content (AvgIpc) is 2.57. The third-order valence-corrected chi connectivity index (χ3v) is 2.76. The second-order valence-corrected chi connectivity index (χ2v) is 3.70. The van der Waals surface area contributed by atoms with Crippen molar-refractivity contribution in [2.24, 2.45) is 5.92 Å². The van der Waals surface area contributed by atoms with Gasteiger partial charge in [-0.15, -0.1) is 0 Å². The number of ether oxygens (including phenoxy) is 1. The normalized spacial score (nSPS) is 18.7.